The lowest BCUT2D eigenvalue weighted by Gasteiger charge is -2.24. The largest absolute Gasteiger partial charge is 0.497 e. The molecule has 0 N–H and O–H groups in total. The van der Waals surface area contributed by atoms with Crippen LogP contribution in [0.15, 0.2) is 42.5 Å². The molecule has 1 aliphatic carbocycles. The number of hydrogen-bond donors (Lipinski definition) is 0. The molecule has 0 amide bonds. The number of fused-ring (bicyclic) bond motifs is 2. The highest BCUT2D eigenvalue weighted by Crippen LogP contribution is 2.39. The number of methoxy groups -OCH3 is 1. The second kappa shape index (κ2) is 5.32. The molecule has 0 saturated carbocycles. The second-order valence-electron chi connectivity index (χ2n) is 5.99. The van der Waals surface area contributed by atoms with E-state index in [1.54, 1.807) is 7.11 Å². The summed E-state index contributed by atoms with van der Waals surface area (Å²) in [5.41, 5.74) is 5.93. The SMILES string of the molecule is COc1ccc2c(c1)CCc1ccccc1C2C(C)C. The third-order valence-corrected chi connectivity index (χ3v) is 4.41. The zero-order chi connectivity index (χ0) is 14.1. The molecule has 0 fully saturated rings. The van der Waals surface area contributed by atoms with Crippen molar-refractivity contribution >= 4 is 0 Å². The van der Waals surface area contributed by atoms with Gasteiger partial charge in [-0.2, -0.15) is 0 Å². The monoisotopic (exact) mass is 266 g/mol. The van der Waals surface area contributed by atoms with Gasteiger partial charge in [-0.3, -0.25) is 0 Å². The first kappa shape index (κ1) is 13.2. The fourth-order valence-electron chi connectivity index (χ4n) is 3.45. The Morgan fingerprint density at radius 1 is 0.950 bits per heavy atom. The highest BCUT2D eigenvalue weighted by atomic mass is 16.5. The number of aryl methyl sites for hydroxylation is 2. The molecular formula is C19H22O. The minimum atomic E-state index is 0.495. The van der Waals surface area contributed by atoms with Crippen LogP contribution in [0, 0.1) is 5.92 Å². The van der Waals surface area contributed by atoms with Gasteiger partial charge < -0.3 is 4.74 Å². The van der Waals surface area contributed by atoms with Gasteiger partial charge in [0.25, 0.3) is 0 Å². The highest BCUT2D eigenvalue weighted by molar-refractivity contribution is 5.47. The fraction of sp³-hybridized carbons (Fsp3) is 0.368. The third-order valence-electron chi connectivity index (χ3n) is 4.41. The average Bonchev–Trinajstić information content (AvgIpc) is 2.63. The van der Waals surface area contributed by atoms with E-state index in [1.165, 1.54) is 22.3 Å². The van der Waals surface area contributed by atoms with Gasteiger partial charge in [-0.05, 0) is 53.1 Å². The van der Waals surface area contributed by atoms with E-state index >= 15 is 0 Å². The number of rotatable bonds is 2. The molecule has 0 spiro atoms. The van der Waals surface area contributed by atoms with Gasteiger partial charge in [0, 0.05) is 5.92 Å². The Balaban J connectivity index is 2.17. The van der Waals surface area contributed by atoms with Gasteiger partial charge in [-0.1, -0.05) is 44.2 Å². The number of hydrogen-bond acceptors (Lipinski definition) is 1. The van der Waals surface area contributed by atoms with Gasteiger partial charge in [-0.15, -0.1) is 0 Å². The molecule has 0 aliphatic heterocycles. The predicted octanol–water partition coefficient (Wildman–Crippen LogP) is 4.58. The molecule has 1 heteroatoms. The molecule has 0 saturated heterocycles. The quantitative estimate of drug-likeness (QED) is 0.773. The Labute approximate surface area is 121 Å². The first-order valence-corrected chi connectivity index (χ1v) is 7.45. The summed E-state index contributed by atoms with van der Waals surface area (Å²) < 4.78 is 5.39. The molecular weight excluding hydrogens is 244 g/mol. The van der Waals surface area contributed by atoms with Crippen LogP contribution >= 0.6 is 0 Å². The standard InChI is InChI=1S/C19H22O/c1-13(2)19-17-7-5-4-6-14(17)8-9-15-12-16(20-3)10-11-18(15)19/h4-7,10-13,19H,8-9H2,1-3H3. The summed E-state index contributed by atoms with van der Waals surface area (Å²) in [5.74, 6) is 2.06. The molecule has 2 aromatic rings. The highest BCUT2D eigenvalue weighted by Gasteiger charge is 2.25. The van der Waals surface area contributed by atoms with Gasteiger partial charge in [0.15, 0.2) is 0 Å². The van der Waals surface area contributed by atoms with Crippen molar-refractivity contribution in [1.29, 1.82) is 0 Å². The van der Waals surface area contributed by atoms with E-state index in [0.717, 1.165) is 18.6 Å². The van der Waals surface area contributed by atoms with Crippen LogP contribution in [0.5, 0.6) is 5.75 Å². The van der Waals surface area contributed by atoms with Gasteiger partial charge in [-0.25, -0.2) is 0 Å². The molecule has 0 bridgehead atoms. The van der Waals surface area contributed by atoms with E-state index in [2.05, 4.69) is 56.3 Å². The van der Waals surface area contributed by atoms with E-state index in [9.17, 15) is 0 Å². The Kier molecular flexibility index (Phi) is 3.52. The summed E-state index contributed by atoms with van der Waals surface area (Å²) in [4.78, 5) is 0. The molecule has 0 radical (unpaired) electrons. The fourth-order valence-corrected chi connectivity index (χ4v) is 3.45. The molecule has 3 rings (SSSR count). The van der Waals surface area contributed by atoms with Crippen LogP contribution in [0.3, 0.4) is 0 Å². The van der Waals surface area contributed by atoms with Crippen molar-refractivity contribution in [2.24, 2.45) is 5.92 Å². The lowest BCUT2D eigenvalue weighted by atomic mass is 9.80. The summed E-state index contributed by atoms with van der Waals surface area (Å²) in [6.07, 6.45) is 2.23. The first-order chi connectivity index (χ1) is 9.70. The van der Waals surface area contributed by atoms with Crippen LogP contribution in [0.4, 0.5) is 0 Å². The van der Waals surface area contributed by atoms with Crippen molar-refractivity contribution < 1.29 is 4.74 Å². The summed E-state index contributed by atoms with van der Waals surface area (Å²) >= 11 is 0. The second-order valence-corrected chi connectivity index (χ2v) is 5.99. The summed E-state index contributed by atoms with van der Waals surface area (Å²) in [6.45, 7) is 4.64. The summed E-state index contributed by atoms with van der Waals surface area (Å²) in [5, 5.41) is 0. The Morgan fingerprint density at radius 3 is 2.40 bits per heavy atom. The zero-order valence-corrected chi connectivity index (χ0v) is 12.5. The smallest absolute Gasteiger partial charge is 0.119 e. The van der Waals surface area contributed by atoms with Crippen molar-refractivity contribution in [2.45, 2.75) is 32.6 Å². The lowest BCUT2D eigenvalue weighted by Crippen LogP contribution is -2.10. The number of ether oxygens (including phenoxy) is 1. The maximum absolute atomic E-state index is 5.39. The van der Waals surface area contributed by atoms with Crippen molar-refractivity contribution in [1.82, 2.24) is 0 Å². The van der Waals surface area contributed by atoms with Gasteiger partial charge in [0.2, 0.25) is 0 Å². The van der Waals surface area contributed by atoms with Crippen molar-refractivity contribution in [3.05, 3.63) is 64.7 Å². The predicted molar refractivity (Wildman–Crippen MR) is 83.5 cm³/mol. The van der Waals surface area contributed by atoms with Crippen molar-refractivity contribution in [3.63, 3.8) is 0 Å². The average molecular weight is 266 g/mol. The molecule has 1 atom stereocenters. The van der Waals surface area contributed by atoms with Crippen LogP contribution in [0.1, 0.15) is 42.0 Å². The Hall–Kier alpha value is -1.76. The molecule has 104 valence electrons. The van der Waals surface area contributed by atoms with Crippen LogP contribution in [0.25, 0.3) is 0 Å². The topological polar surface area (TPSA) is 9.23 Å². The van der Waals surface area contributed by atoms with Crippen LogP contribution in [0.2, 0.25) is 0 Å². The molecule has 1 unspecified atom stereocenters. The van der Waals surface area contributed by atoms with Crippen molar-refractivity contribution in [2.75, 3.05) is 7.11 Å². The van der Waals surface area contributed by atoms with E-state index in [0.29, 0.717) is 11.8 Å². The van der Waals surface area contributed by atoms with Gasteiger partial charge in [0.1, 0.15) is 5.75 Å². The van der Waals surface area contributed by atoms with E-state index in [-0.39, 0.29) is 0 Å². The van der Waals surface area contributed by atoms with Gasteiger partial charge >= 0.3 is 0 Å². The van der Waals surface area contributed by atoms with Gasteiger partial charge in [0.05, 0.1) is 7.11 Å². The van der Waals surface area contributed by atoms with E-state index < -0.39 is 0 Å². The molecule has 0 aromatic heterocycles. The number of benzene rings is 2. The lowest BCUT2D eigenvalue weighted by molar-refractivity contribution is 0.413. The summed E-state index contributed by atoms with van der Waals surface area (Å²) in [7, 11) is 1.74. The molecule has 20 heavy (non-hydrogen) atoms. The normalized spacial score (nSPS) is 17.3. The maximum Gasteiger partial charge on any atom is 0.119 e. The summed E-state index contributed by atoms with van der Waals surface area (Å²) in [6, 6.07) is 15.5. The van der Waals surface area contributed by atoms with E-state index in [4.69, 9.17) is 4.74 Å². The minimum Gasteiger partial charge on any atom is -0.497 e. The molecule has 1 aliphatic rings. The Bertz CT molecular complexity index is 613. The van der Waals surface area contributed by atoms with Crippen LogP contribution in [-0.4, -0.2) is 7.11 Å². The Morgan fingerprint density at radius 2 is 1.65 bits per heavy atom. The van der Waals surface area contributed by atoms with E-state index in [1.807, 2.05) is 0 Å². The maximum atomic E-state index is 5.39. The van der Waals surface area contributed by atoms with Crippen molar-refractivity contribution in [3.8, 4) is 5.75 Å². The van der Waals surface area contributed by atoms with Crippen LogP contribution < -0.4 is 4.74 Å². The third kappa shape index (κ3) is 2.22. The minimum absolute atomic E-state index is 0.495. The van der Waals surface area contributed by atoms with Crippen LogP contribution in [-0.2, 0) is 12.8 Å². The molecule has 1 nitrogen and oxygen atoms in total. The zero-order valence-electron chi connectivity index (χ0n) is 12.5. The molecule has 0 heterocycles. The molecule has 2 aromatic carbocycles. The first-order valence-electron chi connectivity index (χ1n) is 7.45.